The van der Waals surface area contributed by atoms with Gasteiger partial charge in [-0.1, -0.05) is 29.3 Å². The van der Waals surface area contributed by atoms with E-state index in [1.165, 1.54) is 7.11 Å². The molecule has 0 radical (unpaired) electrons. The van der Waals surface area contributed by atoms with Gasteiger partial charge in [-0.15, -0.1) is 0 Å². The predicted molar refractivity (Wildman–Crippen MR) is 132 cm³/mol. The van der Waals surface area contributed by atoms with Gasteiger partial charge in [0.05, 0.1) is 18.3 Å². The van der Waals surface area contributed by atoms with E-state index < -0.39 is 5.97 Å². The monoisotopic (exact) mass is 460 g/mol. The molecule has 168 valence electrons. The summed E-state index contributed by atoms with van der Waals surface area (Å²) in [7, 11) is 1.33. The van der Waals surface area contributed by atoms with E-state index in [9.17, 15) is 9.59 Å². The van der Waals surface area contributed by atoms with Crippen molar-refractivity contribution in [1.82, 2.24) is 4.57 Å². The third-order valence-corrected chi connectivity index (χ3v) is 6.19. The summed E-state index contributed by atoms with van der Waals surface area (Å²) in [5, 5.41) is 0.666. The maximum atomic E-state index is 13.5. The van der Waals surface area contributed by atoms with Crippen molar-refractivity contribution in [2.75, 3.05) is 12.0 Å². The molecule has 1 amide bonds. The van der Waals surface area contributed by atoms with Crippen molar-refractivity contribution in [3.05, 3.63) is 99.0 Å². The molecule has 3 aromatic rings. The molecule has 6 heteroatoms. The van der Waals surface area contributed by atoms with Crippen molar-refractivity contribution in [3.63, 3.8) is 0 Å². The highest BCUT2D eigenvalue weighted by Gasteiger charge is 2.38. The predicted octanol–water partition coefficient (Wildman–Crippen LogP) is 5.93. The lowest BCUT2D eigenvalue weighted by molar-refractivity contribution is -0.136. The van der Waals surface area contributed by atoms with Gasteiger partial charge in [-0.2, -0.15) is 0 Å². The number of benzene rings is 2. The van der Waals surface area contributed by atoms with Crippen LogP contribution in [0.2, 0.25) is 5.02 Å². The van der Waals surface area contributed by atoms with Crippen LogP contribution in [0.1, 0.15) is 29.4 Å². The maximum absolute atomic E-state index is 13.5. The number of aromatic nitrogens is 1. The average Bonchev–Trinajstić information content (AvgIpc) is 3.21. The lowest BCUT2D eigenvalue weighted by Crippen LogP contribution is -2.24. The van der Waals surface area contributed by atoms with Crippen molar-refractivity contribution in [1.29, 1.82) is 0 Å². The number of aryl methyl sites for hydroxylation is 2. The number of ether oxygens (including phenoxy) is 1. The molecule has 0 bridgehead atoms. The van der Waals surface area contributed by atoms with Crippen LogP contribution < -0.4 is 4.90 Å². The number of methoxy groups -OCH3 is 1. The smallest absolute Gasteiger partial charge is 0.340 e. The summed E-state index contributed by atoms with van der Waals surface area (Å²) in [5.41, 5.74) is 6.71. The van der Waals surface area contributed by atoms with Gasteiger partial charge >= 0.3 is 5.97 Å². The number of amides is 1. The molecule has 0 saturated carbocycles. The average molecular weight is 461 g/mol. The highest BCUT2D eigenvalue weighted by molar-refractivity contribution is 6.30. The second-order valence-electron chi connectivity index (χ2n) is 8.12. The summed E-state index contributed by atoms with van der Waals surface area (Å²) in [6.07, 6.45) is 1.78. The van der Waals surface area contributed by atoms with Gasteiger partial charge in [-0.25, -0.2) is 4.79 Å². The molecule has 2 heterocycles. The number of hydrogen-bond acceptors (Lipinski definition) is 3. The normalized spacial score (nSPS) is 15.0. The van der Waals surface area contributed by atoms with Gasteiger partial charge in [0.25, 0.3) is 5.91 Å². The molecule has 0 unspecified atom stereocenters. The molecule has 0 N–H and O–H groups in total. The van der Waals surface area contributed by atoms with Crippen molar-refractivity contribution >= 4 is 35.2 Å². The fourth-order valence-corrected chi connectivity index (χ4v) is 4.39. The fraction of sp³-hybridized carbons (Fsp3) is 0.185. The van der Waals surface area contributed by atoms with Gasteiger partial charge in [-0.05, 0) is 81.8 Å². The van der Waals surface area contributed by atoms with Crippen molar-refractivity contribution in [2.24, 2.45) is 0 Å². The van der Waals surface area contributed by atoms with E-state index in [2.05, 4.69) is 4.57 Å². The molecule has 0 spiro atoms. The number of nitrogens with zero attached hydrogens (tertiary/aromatic N) is 2. The van der Waals surface area contributed by atoms with Crippen LogP contribution in [0.4, 0.5) is 5.69 Å². The van der Waals surface area contributed by atoms with Crippen LogP contribution in [0, 0.1) is 20.8 Å². The summed E-state index contributed by atoms with van der Waals surface area (Å²) in [6, 6.07) is 17.2. The van der Waals surface area contributed by atoms with E-state index in [4.69, 9.17) is 16.3 Å². The quantitative estimate of drug-likeness (QED) is 0.358. The molecule has 0 aliphatic carbocycles. The van der Waals surface area contributed by atoms with E-state index >= 15 is 0 Å². The Kier molecular flexibility index (Phi) is 6.00. The van der Waals surface area contributed by atoms with Gasteiger partial charge in [0, 0.05) is 33.5 Å². The summed E-state index contributed by atoms with van der Waals surface area (Å²) < 4.78 is 7.12. The van der Waals surface area contributed by atoms with E-state index in [-0.39, 0.29) is 11.5 Å². The number of carbonyl (C=O) groups excluding carboxylic acids is 2. The van der Waals surface area contributed by atoms with Crippen LogP contribution in [0.15, 0.2) is 71.4 Å². The molecular weight excluding hydrogens is 436 g/mol. The Morgan fingerprint density at radius 1 is 0.939 bits per heavy atom. The SMILES string of the molecule is COC(=O)C1=C(C)N(c2ccc(C)cc2)C(=O)/C1=C/c1cc(C)n(-c2ccc(Cl)cc2)c1C. The van der Waals surface area contributed by atoms with Crippen molar-refractivity contribution < 1.29 is 14.3 Å². The van der Waals surface area contributed by atoms with E-state index in [1.54, 1.807) is 17.9 Å². The van der Waals surface area contributed by atoms with Crippen LogP contribution in [0.3, 0.4) is 0 Å². The summed E-state index contributed by atoms with van der Waals surface area (Å²) >= 11 is 6.05. The Bertz CT molecular complexity index is 1310. The first-order valence-corrected chi connectivity index (χ1v) is 11.0. The Hall–Kier alpha value is -3.57. The molecule has 1 aliphatic rings. The molecule has 4 rings (SSSR count). The molecular formula is C27H25ClN2O3. The Morgan fingerprint density at radius 3 is 2.15 bits per heavy atom. The van der Waals surface area contributed by atoms with Crippen molar-refractivity contribution in [3.8, 4) is 5.69 Å². The molecule has 0 fully saturated rings. The number of halogens is 1. The van der Waals surface area contributed by atoms with Gasteiger partial charge in [0.1, 0.15) is 0 Å². The molecule has 0 atom stereocenters. The van der Waals surface area contributed by atoms with Gasteiger partial charge in [0.15, 0.2) is 0 Å². The van der Waals surface area contributed by atoms with Crippen LogP contribution in [-0.2, 0) is 14.3 Å². The van der Waals surface area contributed by atoms with Crippen molar-refractivity contribution in [2.45, 2.75) is 27.7 Å². The van der Waals surface area contributed by atoms with Crippen LogP contribution in [0.25, 0.3) is 11.8 Å². The van der Waals surface area contributed by atoms with Gasteiger partial charge in [0.2, 0.25) is 0 Å². The Morgan fingerprint density at radius 2 is 1.55 bits per heavy atom. The summed E-state index contributed by atoms with van der Waals surface area (Å²) in [5.74, 6) is -0.790. The highest BCUT2D eigenvalue weighted by Crippen LogP contribution is 2.36. The first-order chi connectivity index (χ1) is 15.7. The van der Waals surface area contributed by atoms with E-state index in [0.717, 1.165) is 28.2 Å². The first-order valence-electron chi connectivity index (χ1n) is 10.6. The number of esters is 1. The lowest BCUT2D eigenvalue weighted by atomic mass is 10.0. The zero-order valence-electron chi connectivity index (χ0n) is 19.3. The highest BCUT2D eigenvalue weighted by atomic mass is 35.5. The topological polar surface area (TPSA) is 51.5 Å². The molecule has 5 nitrogen and oxygen atoms in total. The number of carbonyl (C=O) groups is 2. The van der Waals surface area contributed by atoms with Gasteiger partial charge in [-0.3, -0.25) is 9.69 Å². The zero-order chi connectivity index (χ0) is 23.9. The zero-order valence-corrected chi connectivity index (χ0v) is 20.0. The first kappa shape index (κ1) is 22.6. The minimum absolute atomic E-state index is 0.256. The number of rotatable bonds is 4. The molecule has 33 heavy (non-hydrogen) atoms. The van der Waals surface area contributed by atoms with Crippen LogP contribution in [-0.4, -0.2) is 23.6 Å². The second kappa shape index (κ2) is 8.75. The summed E-state index contributed by atoms with van der Waals surface area (Å²) in [4.78, 5) is 27.8. The van der Waals surface area contributed by atoms with Gasteiger partial charge < -0.3 is 9.30 Å². The minimum atomic E-state index is -0.534. The number of allylic oxidation sites excluding steroid dienone is 1. The largest absolute Gasteiger partial charge is 0.465 e. The fourth-order valence-electron chi connectivity index (χ4n) is 4.26. The third kappa shape index (κ3) is 4.00. The van der Waals surface area contributed by atoms with Crippen LogP contribution >= 0.6 is 11.6 Å². The van der Waals surface area contributed by atoms with E-state index in [1.807, 2.05) is 75.4 Å². The second-order valence-corrected chi connectivity index (χ2v) is 8.56. The maximum Gasteiger partial charge on any atom is 0.340 e. The molecule has 1 aromatic heterocycles. The molecule has 1 aliphatic heterocycles. The third-order valence-electron chi connectivity index (χ3n) is 5.94. The summed E-state index contributed by atoms with van der Waals surface area (Å²) in [6.45, 7) is 7.74. The minimum Gasteiger partial charge on any atom is -0.465 e. The van der Waals surface area contributed by atoms with Crippen LogP contribution in [0.5, 0.6) is 0 Å². The molecule has 0 saturated heterocycles. The number of hydrogen-bond donors (Lipinski definition) is 0. The lowest BCUT2D eigenvalue weighted by Gasteiger charge is -2.18. The number of anilines is 1. The van der Waals surface area contributed by atoms with E-state index in [0.29, 0.717) is 22.0 Å². The Labute approximate surface area is 198 Å². The standard InChI is InChI=1S/C27H25ClN2O3/c1-16-6-10-23(11-7-16)30-19(4)25(27(32)33-5)24(26(30)31)15-20-14-17(2)29(18(20)3)22-12-8-21(28)9-13-22/h6-15H,1-5H3/b24-15+. The molecule has 2 aromatic carbocycles. The Balaban J connectivity index is 1.84.